The number of rotatable bonds is 9. The van der Waals surface area contributed by atoms with Crippen molar-refractivity contribution in [3.05, 3.63) is 70.2 Å². The lowest BCUT2D eigenvalue weighted by Gasteiger charge is -2.27. The zero-order valence-electron chi connectivity index (χ0n) is 21.1. The van der Waals surface area contributed by atoms with Gasteiger partial charge in [-0.25, -0.2) is 13.4 Å². The van der Waals surface area contributed by atoms with Gasteiger partial charge in [0.25, 0.3) is 0 Å². The van der Waals surface area contributed by atoms with E-state index in [1.807, 2.05) is 0 Å². The predicted molar refractivity (Wildman–Crippen MR) is 139 cm³/mol. The number of nitrogens with one attached hydrogen (secondary N) is 1. The molecule has 1 aliphatic heterocycles. The molecule has 2 heterocycles. The SMILES string of the molecule is CCS(=O)(=O)c1ccc(CC(=O)Nc2nc3c(s2)CN(Cc2ccc(OC(F)(F)F)cc2)[C@@H]3C(C)C)cc1. The Labute approximate surface area is 223 Å². The molecule has 1 amide bonds. The molecule has 204 valence electrons. The third-order valence-corrected chi connectivity index (χ3v) is 8.92. The lowest BCUT2D eigenvalue weighted by Crippen LogP contribution is -2.26. The Kier molecular flexibility index (Phi) is 8.15. The van der Waals surface area contributed by atoms with Crippen molar-refractivity contribution in [1.29, 1.82) is 0 Å². The maximum Gasteiger partial charge on any atom is 0.573 e. The number of amides is 1. The third-order valence-electron chi connectivity index (χ3n) is 6.20. The average molecular weight is 568 g/mol. The highest BCUT2D eigenvalue weighted by Gasteiger charge is 2.36. The summed E-state index contributed by atoms with van der Waals surface area (Å²) in [5.41, 5.74) is 2.44. The van der Waals surface area contributed by atoms with Gasteiger partial charge in [0.05, 0.1) is 28.8 Å². The molecule has 0 saturated carbocycles. The number of fused-ring (bicyclic) bond motifs is 1. The summed E-state index contributed by atoms with van der Waals surface area (Å²) >= 11 is 1.40. The number of carbonyl (C=O) groups excluding carboxylic acids is 1. The van der Waals surface area contributed by atoms with Gasteiger partial charge in [-0.15, -0.1) is 24.5 Å². The van der Waals surface area contributed by atoms with Crippen LogP contribution >= 0.6 is 11.3 Å². The van der Waals surface area contributed by atoms with Crippen LogP contribution in [-0.2, 0) is 34.1 Å². The van der Waals surface area contributed by atoms with Gasteiger partial charge in [-0.1, -0.05) is 45.0 Å². The van der Waals surface area contributed by atoms with Crippen molar-refractivity contribution in [2.24, 2.45) is 5.92 Å². The number of carbonyl (C=O) groups is 1. The fraction of sp³-hybridized carbons (Fsp3) is 0.385. The van der Waals surface area contributed by atoms with Gasteiger partial charge in [0.1, 0.15) is 5.75 Å². The molecule has 2 aromatic carbocycles. The van der Waals surface area contributed by atoms with Crippen molar-refractivity contribution in [3.8, 4) is 5.75 Å². The number of halogens is 3. The van der Waals surface area contributed by atoms with Gasteiger partial charge < -0.3 is 10.1 Å². The minimum atomic E-state index is -4.73. The van der Waals surface area contributed by atoms with E-state index in [0.717, 1.165) is 16.1 Å². The first kappa shape index (κ1) is 28.1. The first-order valence-electron chi connectivity index (χ1n) is 12.0. The number of hydrogen-bond acceptors (Lipinski definition) is 7. The van der Waals surface area contributed by atoms with Crippen LogP contribution in [0.1, 0.15) is 48.5 Å². The molecule has 0 fully saturated rings. The minimum Gasteiger partial charge on any atom is -0.406 e. The molecule has 0 bridgehead atoms. The Hall–Kier alpha value is -2.96. The number of alkyl halides is 3. The number of hydrogen-bond donors (Lipinski definition) is 1. The molecule has 0 unspecified atom stereocenters. The number of aromatic nitrogens is 1. The van der Waals surface area contributed by atoms with Crippen molar-refractivity contribution >= 4 is 32.2 Å². The standard InChI is InChI=1S/C26H28F3N3O4S2/c1-4-38(34,35)20-11-7-17(8-12-20)13-22(33)30-25-31-23-21(37-25)15-32(24(23)16(2)3)14-18-5-9-19(10-6-18)36-26(27,28)29/h5-12,16,24H,4,13-15H2,1-3H3,(H,30,31,33)/t24-/m1/s1. The maximum atomic E-state index is 12.6. The normalized spacial score (nSPS) is 16.0. The van der Waals surface area contributed by atoms with Gasteiger partial charge in [0, 0.05) is 18.0 Å². The van der Waals surface area contributed by atoms with Gasteiger partial charge in [0.15, 0.2) is 15.0 Å². The maximum absolute atomic E-state index is 12.6. The number of benzene rings is 2. The number of anilines is 1. The van der Waals surface area contributed by atoms with Crippen molar-refractivity contribution in [3.63, 3.8) is 0 Å². The lowest BCUT2D eigenvalue weighted by molar-refractivity contribution is -0.274. The summed E-state index contributed by atoms with van der Waals surface area (Å²) in [7, 11) is -3.30. The summed E-state index contributed by atoms with van der Waals surface area (Å²) in [6, 6.07) is 12.1. The first-order chi connectivity index (χ1) is 17.8. The molecule has 1 aliphatic rings. The molecule has 0 radical (unpaired) electrons. The predicted octanol–water partition coefficient (Wildman–Crippen LogP) is 5.73. The summed E-state index contributed by atoms with van der Waals surface area (Å²) in [6.45, 7) is 6.88. The van der Waals surface area contributed by atoms with Gasteiger partial charge in [-0.05, 0) is 41.3 Å². The van der Waals surface area contributed by atoms with Gasteiger partial charge in [-0.2, -0.15) is 0 Å². The third kappa shape index (κ3) is 6.72. The molecule has 0 saturated heterocycles. The summed E-state index contributed by atoms with van der Waals surface area (Å²) < 4.78 is 65.2. The molecule has 0 spiro atoms. The monoisotopic (exact) mass is 567 g/mol. The Balaban J connectivity index is 1.39. The van der Waals surface area contributed by atoms with E-state index in [-0.39, 0.29) is 40.7 Å². The lowest BCUT2D eigenvalue weighted by atomic mass is 10.0. The molecule has 12 heteroatoms. The first-order valence-corrected chi connectivity index (χ1v) is 14.5. The van der Waals surface area contributed by atoms with Crippen molar-refractivity contribution in [1.82, 2.24) is 9.88 Å². The smallest absolute Gasteiger partial charge is 0.406 e. The molecule has 38 heavy (non-hydrogen) atoms. The second-order valence-corrected chi connectivity index (χ2v) is 12.7. The van der Waals surface area contributed by atoms with Crippen molar-refractivity contribution in [2.45, 2.75) is 57.6 Å². The van der Waals surface area contributed by atoms with Crippen LogP contribution in [0.15, 0.2) is 53.4 Å². The van der Waals surface area contributed by atoms with E-state index in [1.165, 1.54) is 35.6 Å². The quantitative estimate of drug-likeness (QED) is 0.355. The van der Waals surface area contributed by atoms with Gasteiger partial charge in [-0.3, -0.25) is 9.69 Å². The molecule has 0 aliphatic carbocycles. The molecule has 1 atom stereocenters. The Morgan fingerprint density at radius 1 is 1.13 bits per heavy atom. The molecule has 1 aromatic heterocycles. The fourth-order valence-corrected chi connectivity index (χ4v) is 6.40. The van der Waals surface area contributed by atoms with E-state index in [0.29, 0.717) is 23.8 Å². The summed E-state index contributed by atoms with van der Waals surface area (Å²) in [4.78, 5) is 20.8. The molecule has 7 nitrogen and oxygen atoms in total. The van der Waals surface area contributed by atoms with Crippen LogP contribution in [0.3, 0.4) is 0 Å². The molecule has 4 rings (SSSR count). The van der Waals surface area contributed by atoms with Crippen LogP contribution in [0.5, 0.6) is 5.75 Å². The minimum absolute atomic E-state index is 0.00828. The van der Waals surface area contributed by atoms with Crippen LogP contribution in [0.4, 0.5) is 18.3 Å². The highest BCUT2D eigenvalue weighted by Crippen LogP contribution is 2.43. The Morgan fingerprint density at radius 3 is 2.34 bits per heavy atom. The van der Waals surface area contributed by atoms with E-state index in [4.69, 9.17) is 4.98 Å². The molecule has 3 aromatic rings. The van der Waals surface area contributed by atoms with Crippen molar-refractivity contribution in [2.75, 3.05) is 11.1 Å². The van der Waals surface area contributed by atoms with Crippen LogP contribution in [0.25, 0.3) is 0 Å². The van der Waals surface area contributed by atoms with E-state index >= 15 is 0 Å². The van der Waals surface area contributed by atoms with Gasteiger partial charge in [0.2, 0.25) is 5.91 Å². The van der Waals surface area contributed by atoms with Crippen LogP contribution in [0.2, 0.25) is 0 Å². The molecular formula is C26H28F3N3O4S2. The van der Waals surface area contributed by atoms with Crippen LogP contribution in [0, 0.1) is 5.92 Å². The summed E-state index contributed by atoms with van der Waals surface area (Å²) in [5.74, 6) is -0.277. The van der Waals surface area contributed by atoms with E-state index in [9.17, 15) is 26.4 Å². The van der Waals surface area contributed by atoms with E-state index < -0.39 is 16.2 Å². The summed E-state index contributed by atoms with van der Waals surface area (Å²) in [6.07, 6.45) is -4.64. The molecule has 1 N–H and O–H groups in total. The summed E-state index contributed by atoms with van der Waals surface area (Å²) in [5, 5.41) is 3.35. The van der Waals surface area contributed by atoms with Crippen molar-refractivity contribution < 1.29 is 31.1 Å². The second-order valence-electron chi connectivity index (χ2n) is 9.39. The van der Waals surface area contributed by atoms with E-state index in [1.54, 1.807) is 31.2 Å². The Morgan fingerprint density at radius 2 is 1.76 bits per heavy atom. The zero-order chi connectivity index (χ0) is 27.7. The van der Waals surface area contributed by atoms with Gasteiger partial charge >= 0.3 is 6.36 Å². The zero-order valence-corrected chi connectivity index (χ0v) is 22.7. The average Bonchev–Trinajstić information content (AvgIpc) is 3.35. The topological polar surface area (TPSA) is 88.6 Å². The van der Waals surface area contributed by atoms with Crippen LogP contribution < -0.4 is 10.1 Å². The highest BCUT2D eigenvalue weighted by molar-refractivity contribution is 7.91. The fourth-order valence-electron chi connectivity index (χ4n) is 4.47. The van der Waals surface area contributed by atoms with Crippen LogP contribution in [-0.4, -0.2) is 36.3 Å². The number of nitrogens with zero attached hydrogens (tertiary/aromatic N) is 2. The number of thiazole rings is 1. The highest BCUT2D eigenvalue weighted by atomic mass is 32.2. The molecular weight excluding hydrogens is 539 g/mol. The number of ether oxygens (including phenoxy) is 1. The second kappa shape index (κ2) is 11.0. The largest absolute Gasteiger partial charge is 0.573 e. The Bertz CT molecular complexity index is 1390. The van der Waals surface area contributed by atoms with E-state index in [2.05, 4.69) is 28.8 Å². The number of sulfone groups is 1.